The number of rotatable bonds is 7. The molecule has 140 valence electrons. The lowest BCUT2D eigenvalue weighted by Crippen LogP contribution is -2.32. The van der Waals surface area contributed by atoms with Gasteiger partial charge in [-0.3, -0.25) is 14.3 Å². The van der Waals surface area contributed by atoms with Crippen molar-refractivity contribution in [1.29, 1.82) is 0 Å². The third kappa shape index (κ3) is 4.64. The van der Waals surface area contributed by atoms with E-state index in [9.17, 15) is 9.59 Å². The lowest BCUT2D eigenvalue weighted by molar-refractivity contribution is -0.115. The van der Waals surface area contributed by atoms with Crippen LogP contribution in [0.15, 0.2) is 48.1 Å². The first-order valence-electron chi connectivity index (χ1n) is 8.13. The Morgan fingerprint density at radius 1 is 1.30 bits per heavy atom. The molecule has 2 heterocycles. The van der Waals surface area contributed by atoms with E-state index >= 15 is 0 Å². The summed E-state index contributed by atoms with van der Waals surface area (Å²) in [6, 6.07) is 9.18. The van der Waals surface area contributed by atoms with Crippen LogP contribution in [-0.2, 0) is 4.79 Å². The highest BCUT2D eigenvalue weighted by atomic mass is 32.1. The third-order valence-corrected chi connectivity index (χ3v) is 4.50. The Morgan fingerprint density at radius 2 is 2.15 bits per heavy atom. The second-order valence-corrected chi connectivity index (χ2v) is 6.39. The molecular formula is C18H19N5O3S. The monoisotopic (exact) mass is 385 g/mol. The molecule has 3 aromatic rings. The van der Waals surface area contributed by atoms with Gasteiger partial charge in [0.1, 0.15) is 5.75 Å². The van der Waals surface area contributed by atoms with E-state index in [4.69, 9.17) is 4.74 Å². The van der Waals surface area contributed by atoms with Crippen LogP contribution in [0.3, 0.4) is 0 Å². The van der Waals surface area contributed by atoms with Gasteiger partial charge in [0.2, 0.25) is 5.91 Å². The van der Waals surface area contributed by atoms with Crippen molar-refractivity contribution in [3.8, 4) is 17.0 Å². The fourth-order valence-electron chi connectivity index (χ4n) is 2.34. The van der Waals surface area contributed by atoms with E-state index in [2.05, 4.69) is 21.0 Å². The molecule has 9 heteroatoms. The molecule has 0 aliphatic heterocycles. The van der Waals surface area contributed by atoms with Gasteiger partial charge in [0.15, 0.2) is 5.13 Å². The van der Waals surface area contributed by atoms with Crippen LogP contribution in [0.1, 0.15) is 10.4 Å². The molecule has 8 nitrogen and oxygen atoms in total. The second kappa shape index (κ2) is 8.37. The van der Waals surface area contributed by atoms with Crippen molar-refractivity contribution < 1.29 is 14.3 Å². The van der Waals surface area contributed by atoms with E-state index in [-0.39, 0.29) is 18.4 Å². The molecule has 0 atom stereocenters. The van der Waals surface area contributed by atoms with Crippen molar-refractivity contribution >= 4 is 28.3 Å². The zero-order valence-corrected chi connectivity index (χ0v) is 15.7. The van der Waals surface area contributed by atoms with Gasteiger partial charge in [-0.05, 0) is 18.2 Å². The number of anilines is 1. The predicted molar refractivity (Wildman–Crippen MR) is 105 cm³/mol. The number of nitrogens with zero attached hydrogens (tertiary/aromatic N) is 2. The molecule has 0 unspecified atom stereocenters. The number of carbonyl (C=O) groups is 2. The lowest BCUT2D eigenvalue weighted by atomic mass is 10.2. The molecule has 0 radical (unpaired) electrons. The van der Waals surface area contributed by atoms with Crippen molar-refractivity contribution in [2.24, 2.45) is 0 Å². The van der Waals surface area contributed by atoms with Gasteiger partial charge in [0.05, 0.1) is 24.9 Å². The molecule has 0 fully saturated rings. The van der Waals surface area contributed by atoms with Crippen LogP contribution in [-0.4, -0.2) is 42.2 Å². The molecule has 0 saturated carbocycles. The van der Waals surface area contributed by atoms with Gasteiger partial charge < -0.3 is 20.8 Å². The first-order chi connectivity index (χ1) is 13.1. The predicted octanol–water partition coefficient (Wildman–Crippen LogP) is 2.16. The number of methoxy groups -OCH3 is 1. The zero-order valence-electron chi connectivity index (χ0n) is 14.9. The molecule has 0 aliphatic carbocycles. The third-order valence-electron chi connectivity index (χ3n) is 3.74. The number of hydrogen-bond acceptors (Lipinski definition) is 6. The molecule has 1 aromatic carbocycles. The molecule has 0 spiro atoms. The average molecular weight is 385 g/mol. The van der Waals surface area contributed by atoms with Crippen molar-refractivity contribution in [2.75, 3.05) is 31.4 Å². The van der Waals surface area contributed by atoms with Crippen LogP contribution in [0.4, 0.5) is 5.13 Å². The lowest BCUT2D eigenvalue weighted by Gasteiger charge is -2.04. The van der Waals surface area contributed by atoms with Crippen LogP contribution in [0.25, 0.3) is 11.3 Å². The van der Waals surface area contributed by atoms with Gasteiger partial charge in [-0.2, -0.15) is 0 Å². The molecule has 3 N–H and O–H groups in total. The Labute approximate surface area is 160 Å². The van der Waals surface area contributed by atoms with Gasteiger partial charge in [0, 0.05) is 30.4 Å². The van der Waals surface area contributed by atoms with Crippen LogP contribution in [0.2, 0.25) is 0 Å². The number of amides is 2. The SMILES string of the molecule is CNn1ccc(C(=O)NCC(=O)Nc2nc(-c3cccc(OC)c3)cs2)c1. The highest BCUT2D eigenvalue weighted by Gasteiger charge is 2.12. The van der Waals surface area contributed by atoms with Gasteiger partial charge in [-0.15, -0.1) is 11.3 Å². The summed E-state index contributed by atoms with van der Waals surface area (Å²) in [6.45, 7) is -0.141. The summed E-state index contributed by atoms with van der Waals surface area (Å²) in [6.07, 6.45) is 3.35. The molecule has 0 bridgehead atoms. The maximum Gasteiger partial charge on any atom is 0.253 e. The van der Waals surface area contributed by atoms with E-state index in [0.717, 1.165) is 17.0 Å². The molecule has 0 aliphatic rings. The maximum absolute atomic E-state index is 12.1. The quantitative estimate of drug-likeness (QED) is 0.579. The number of nitrogens with one attached hydrogen (secondary N) is 3. The molecule has 0 saturated heterocycles. The Morgan fingerprint density at radius 3 is 2.89 bits per heavy atom. The number of aromatic nitrogens is 2. The van der Waals surface area contributed by atoms with Crippen molar-refractivity contribution in [2.45, 2.75) is 0 Å². The molecular weight excluding hydrogens is 366 g/mol. The summed E-state index contributed by atoms with van der Waals surface area (Å²) in [7, 11) is 3.34. The molecule has 2 aromatic heterocycles. The number of carbonyl (C=O) groups excluding carboxylic acids is 2. The number of benzene rings is 1. The summed E-state index contributed by atoms with van der Waals surface area (Å²) in [5, 5.41) is 7.58. The van der Waals surface area contributed by atoms with Crippen LogP contribution < -0.4 is 20.8 Å². The minimum absolute atomic E-state index is 0.141. The topological polar surface area (TPSA) is 97.3 Å². The summed E-state index contributed by atoms with van der Waals surface area (Å²) in [4.78, 5) is 28.5. The fraction of sp³-hybridized carbons (Fsp3) is 0.167. The Balaban J connectivity index is 1.55. The Kier molecular flexibility index (Phi) is 5.72. The smallest absolute Gasteiger partial charge is 0.253 e. The summed E-state index contributed by atoms with van der Waals surface area (Å²) in [5.74, 6) is 0.0687. The van der Waals surface area contributed by atoms with E-state index in [1.165, 1.54) is 11.3 Å². The Bertz CT molecular complexity index is 950. The summed E-state index contributed by atoms with van der Waals surface area (Å²) in [5.41, 5.74) is 4.97. The van der Waals surface area contributed by atoms with Crippen LogP contribution in [0, 0.1) is 0 Å². The van der Waals surface area contributed by atoms with Crippen LogP contribution in [0.5, 0.6) is 5.75 Å². The number of ether oxygens (including phenoxy) is 1. The van der Waals surface area contributed by atoms with Crippen molar-refractivity contribution in [3.05, 3.63) is 53.7 Å². The molecule has 27 heavy (non-hydrogen) atoms. The van der Waals surface area contributed by atoms with Crippen molar-refractivity contribution in [1.82, 2.24) is 15.0 Å². The van der Waals surface area contributed by atoms with E-state index < -0.39 is 0 Å². The molecule has 2 amide bonds. The maximum atomic E-state index is 12.1. The Hall–Kier alpha value is -3.33. The molecule has 3 rings (SSSR count). The standard InChI is InChI=1S/C18H19N5O3S/c1-19-23-7-6-13(10-23)17(25)20-9-16(24)22-18-21-15(11-27-18)12-4-3-5-14(8-12)26-2/h3-8,10-11,19H,9H2,1-2H3,(H,20,25)(H,21,22,24). The summed E-state index contributed by atoms with van der Waals surface area (Å²) < 4.78 is 6.85. The second-order valence-electron chi connectivity index (χ2n) is 5.53. The van der Waals surface area contributed by atoms with E-state index in [0.29, 0.717) is 10.7 Å². The zero-order chi connectivity index (χ0) is 19.2. The minimum atomic E-state index is -0.344. The van der Waals surface area contributed by atoms with Gasteiger partial charge in [-0.1, -0.05) is 12.1 Å². The first-order valence-corrected chi connectivity index (χ1v) is 9.01. The van der Waals surface area contributed by atoms with Gasteiger partial charge >= 0.3 is 0 Å². The van der Waals surface area contributed by atoms with E-state index in [1.54, 1.807) is 37.3 Å². The summed E-state index contributed by atoms with van der Waals surface area (Å²) >= 11 is 1.31. The average Bonchev–Trinajstić information content (AvgIpc) is 3.35. The van der Waals surface area contributed by atoms with Gasteiger partial charge in [0.25, 0.3) is 5.91 Å². The highest BCUT2D eigenvalue weighted by Crippen LogP contribution is 2.27. The first kappa shape index (κ1) is 18.5. The fourth-order valence-corrected chi connectivity index (χ4v) is 3.08. The normalized spacial score (nSPS) is 10.3. The van der Waals surface area contributed by atoms with Crippen LogP contribution >= 0.6 is 11.3 Å². The number of thiazole rings is 1. The van der Waals surface area contributed by atoms with Crippen molar-refractivity contribution in [3.63, 3.8) is 0 Å². The minimum Gasteiger partial charge on any atom is -0.497 e. The largest absolute Gasteiger partial charge is 0.497 e. The van der Waals surface area contributed by atoms with Gasteiger partial charge in [-0.25, -0.2) is 4.98 Å². The number of hydrogen-bond donors (Lipinski definition) is 3. The van der Waals surface area contributed by atoms with E-state index in [1.807, 2.05) is 29.6 Å². The highest BCUT2D eigenvalue weighted by molar-refractivity contribution is 7.14.